The van der Waals surface area contributed by atoms with E-state index in [-0.39, 0.29) is 6.16 Å². The Hall–Kier alpha value is -0.220. The summed E-state index contributed by atoms with van der Waals surface area (Å²) in [5, 5.41) is 7.97. The van der Waals surface area contributed by atoms with Crippen molar-refractivity contribution in [3.8, 4) is 0 Å². The highest BCUT2D eigenvalue weighted by atomic mass is 31.2. The van der Waals surface area contributed by atoms with Crippen LogP contribution < -0.4 is 0 Å². The second-order valence-electron chi connectivity index (χ2n) is 1.79. The molecule has 0 atom stereocenters. The van der Waals surface area contributed by atoms with E-state index in [1.165, 1.54) is 0 Å². The molecule has 1 N–H and O–H groups in total. The average molecular weight is 196 g/mol. The van der Waals surface area contributed by atoms with Gasteiger partial charge in [0.2, 0.25) is 0 Å². The van der Waals surface area contributed by atoms with Gasteiger partial charge in [-0.1, -0.05) is 0 Å². The maximum atomic E-state index is 10.6. The number of hydrogen-bond donors (Lipinski definition) is 1. The van der Waals surface area contributed by atoms with Crippen LogP contribution in [0.4, 0.5) is 0 Å². The lowest BCUT2D eigenvalue weighted by Gasteiger charge is -2.12. The molecule has 5 nitrogen and oxygen atoms in total. The van der Waals surface area contributed by atoms with E-state index in [1.807, 2.05) is 0 Å². The zero-order chi connectivity index (χ0) is 9.40. The molecule has 0 aromatic carbocycles. The molecule has 0 unspecified atom stereocenters. The Kier molecular flexibility index (Phi) is 7.29. The third kappa shape index (κ3) is 5.43. The zero-order valence-corrected chi connectivity index (χ0v) is 8.04. The molecule has 0 heterocycles. The lowest BCUT2D eigenvalue weighted by molar-refractivity contribution is -0.231. The number of rotatable bonds is 6. The number of hydrogen-bond acceptors (Lipinski definition) is 5. The van der Waals surface area contributed by atoms with Crippen LogP contribution in [0.25, 0.3) is 0 Å². The second-order valence-corrected chi connectivity index (χ2v) is 3.29. The Balaban J connectivity index is 3.68. The van der Waals surface area contributed by atoms with Crippen LogP contribution in [0.3, 0.4) is 0 Å². The van der Waals surface area contributed by atoms with Gasteiger partial charge in [0.1, 0.15) is 6.16 Å². The Morgan fingerprint density at radius 3 is 2.17 bits per heavy atom. The van der Waals surface area contributed by atoms with Crippen LogP contribution >= 0.6 is 8.38 Å². The molecule has 0 aliphatic rings. The first-order valence-corrected chi connectivity index (χ1v) is 4.98. The lowest BCUT2D eigenvalue weighted by Crippen LogP contribution is -2.08. The molecule has 0 fully saturated rings. The van der Waals surface area contributed by atoms with E-state index in [1.54, 1.807) is 13.8 Å². The van der Waals surface area contributed by atoms with Crippen molar-refractivity contribution in [1.82, 2.24) is 0 Å². The van der Waals surface area contributed by atoms with Gasteiger partial charge < -0.3 is 13.9 Å². The molecule has 0 bridgehead atoms. The minimum Gasteiger partial charge on any atom is -0.334 e. The Bertz CT molecular complexity index is 123. The smallest absolute Gasteiger partial charge is 0.334 e. The maximum absolute atomic E-state index is 10.6. The molecule has 6 heteroatoms. The van der Waals surface area contributed by atoms with Crippen LogP contribution in [0.2, 0.25) is 0 Å². The minimum absolute atomic E-state index is 0.0342. The molecule has 72 valence electrons. The molecule has 0 amide bonds. The van der Waals surface area contributed by atoms with Gasteiger partial charge in [-0.3, -0.25) is 0 Å². The Morgan fingerprint density at radius 2 is 1.83 bits per heavy atom. The Labute approximate surface area is 72.5 Å². The topological polar surface area (TPSA) is 65.0 Å². The summed E-state index contributed by atoms with van der Waals surface area (Å²) in [7, 11) is -1.24. The highest BCUT2D eigenvalue weighted by Gasteiger charge is 2.15. The van der Waals surface area contributed by atoms with Gasteiger partial charge in [-0.25, -0.2) is 4.79 Å². The first kappa shape index (κ1) is 11.8. The predicted molar refractivity (Wildman–Crippen MR) is 43.8 cm³/mol. The highest BCUT2D eigenvalue weighted by molar-refractivity contribution is 7.48. The highest BCUT2D eigenvalue weighted by Crippen LogP contribution is 2.37. The molecule has 0 radical (unpaired) electrons. The van der Waals surface area contributed by atoms with Crippen LogP contribution in [0, 0.1) is 0 Å². The first-order valence-electron chi connectivity index (χ1n) is 3.62. The minimum atomic E-state index is -1.24. The normalized spacial score (nSPS) is 10.3. The van der Waals surface area contributed by atoms with Crippen molar-refractivity contribution >= 4 is 14.3 Å². The van der Waals surface area contributed by atoms with E-state index >= 15 is 0 Å². The second kappa shape index (κ2) is 7.43. The monoisotopic (exact) mass is 196 g/mol. The van der Waals surface area contributed by atoms with Crippen molar-refractivity contribution in [1.29, 1.82) is 0 Å². The summed E-state index contributed by atoms with van der Waals surface area (Å²) in [6.45, 7) is 4.56. The van der Waals surface area contributed by atoms with Gasteiger partial charge in [-0.2, -0.15) is 5.26 Å². The van der Waals surface area contributed by atoms with Crippen molar-refractivity contribution < 1.29 is 24.0 Å². The summed E-state index contributed by atoms with van der Waals surface area (Å²) in [5.74, 6) is -0.733. The van der Waals surface area contributed by atoms with Gasteiger partial charge in [-0.15, -0.1) is 0 Å². The summed E-state index contributed by atoms with van der Waals surface area (Å²) < 4.78 is 10.2. The van der Waals surface area contributed by atoms with Gasteiger partial charge in [0.05, 0.1) is 13.2 Å². The summed E-state index contributed by atoms with van der Waals surface area (Å²) >= 11 is 0. The average Bonchev–Trinajstić information content (AvgIpc) is 2.05. The van der Waals surface area contributed by atoms with Crippen LogP contribution in [-0.2, 0) is 18.7 Å². The lowest BCUT2D eigenvalue weighted by atomic mass is 10.8. The molecular formula is C6H13O5P. The number of carbonyl (C=O) groups is 1. The van der Waals surface area contributed by atoms with Crippen LogP contribution in [-0.4, -0.2) is 30.6 Å². The third-order valence-corrected chi connectivity index (χ3v) is 2.51. The standard InChI is InChI=1S/C6H13O5P/c1-3-9-12(10-4-2)5-6(7)11-8/h8H,3-5H2,1-2H3. The summed E-state index contributed by atoms with van der Waals surface area (Å²) in [4.78, 5) is 14.0. The van der Waals surface area contributed by atoms with Gasteiger partial charge >= 0.3 is 5.97 Å². The molecule has 0 saturated heterocycles. The SMILES string of the molecule is CCOP(CC(=O)OO)OCC. The fourth-order valence-electron chi connectivity index (χ4n) is 0.551. The first-order chi connectivity index (χ1) is 5.74. The molecule has 0 spiro atoms. The van der Waals surface area contributed by atoms with Crippen LogP contribution in [0.5, 0.6) is 0 Å². The molecule has 0 aromatic rings. The molecule has 0 aliphatic heterocycles. The fraction of sp³-hybridized carbons (Fsp3) is 0.833. The summed E-state index contributed by atoms with van der Waals surface area (Å²) in [6.07, 6.45) is -0.0342. The van der Waals surface area contributed by atoms with Crippen molar-refractivity contribution in [2.75, 3.05) is 19.4 Å². The van der Waals surface area contributed by atoms with E-state index in [4.69, 9.17) is 14.3 Å². The van der Waals surface area contributed by atoms with E-state index < -0.39 is 14.3 Å². The zero-order valence-electron chi connectivity index (χ0n) is 7.15. The van der Waals surface area contributed by atoms with E-state index in [2.05, 4.69) is 4.89 Å². The largest absolute Gasteiger partial charge is 0.350 e. The molecular weight excluding hydrogens is 183 g/mol. The van der Waals surface area contributed by atoms with Crippen LogP contribution in [0.1, 0.15) is 13.8 Å². The molecule has 12 heavy (non-hydrogen) atoms. The van der Waals surface area contributed by atoms with E-state index in [0.29, 0.717) is 13.2 Å². The maximum Gasteiger partial charge on any atom is 0.350 e. The van der Waals surface area contributed by atoms with Crippen molar-refractivity contribution in [2.45, 2.75) is 13.8 Å². The number of carbonyl (C=O) groups excluding carboxylic acids is 1. The van der Waals surface area contributed by atoms with Crippen molar-refractivity contribution in [2.24, 2.45) is 0 Å². The molecule has 0 aliphatic carbocycles. The quantitative estimate of drug-likeness (QED) is 0.395. The van der Waals surface area contributed by atoms with Gasteiger partial charge in [0, 0.05) is 0 Å². The van der Waals surface area contributed by atoms with Gasteiger partial charge in [0.25, 0.3) is 0 Å². The fourth-order valence-corrected chi connectivity index (χ4v) is 1.65. The van der Waals surface area contributed by atoms with Gasteiger partial charge in [0.15, 0.2) is 8.38 Å². The predicted octanol–water partition coefficient (Wildman–Crippen LogP) is 1.39. The van der Waals surface area contributed by atoms with Crippen LogP contribution in [0.15, 0.2) is 0 Å². The van der Waals surface area contributed by atoms with Gasteiger partial charge in [-0.05, 0) is 13.8 Å². The van der Waals surface area contributed by atoms with E-state index in [0.717, 1.165) is 0 Å². The third-order valence-electron chi connectivity index (χ3n) is 0.906. The molecule has 0 aromatic heterocycles. The molecule has 0 rings (SSSR count). The van der Waals surface area contributed by atoms with E-state index in [9.17, 15) is 4.79 Å². The molecule has 0 saturated carbocycles. The van der Waals surface area contributed by atoms with Crippen molar-refractivity contribution in [3.05, 3.63) is 0 Å². The Morgan fingerprint density at radius 1 is 1.33 bits per heavy atom. The van der Waals surface area contributed by atoms with Crippen molar-refractivity contribution in [3.63, 3.8) is 0 Å². The summed E-state index contributed by atoms with van der Waals surface area (Å²) in [6, 6.07) is 0. The summed E-state index contributed by atoms with van der Waals surface area (Å²) in [5.41, 5.74) is 0.